The van der Waals surface area contributed by atoms with Crippen LogP contribution in [0.1, 0.15) is 32.1 Å². The van der Waals surface area contributed by atoms with E-state index in [1.54, 1.807) is 23.7 Å². The molecule has 0 spiro atoms. The first kappa shape index (κ1) is 14.8. The topological polar surface area (TPSA) is 56.0 Å². The minimum Gasteiger partial charge on any atom is -0.323 e. The molecule has 0 fully saturated rings. The quantitative estimate of drug-likeness (QED) is 0.753. The Morgan fingerprint density at radius 2 is 1.78 bits per heavy atom. The molecule has 0 aliphatic rings. The molecular weight excluding hydrogens is 290 g/mol. The van der Waals surface area contributed by atoms with E-state index >= 15 is 0 Å². The number of carbonyl (C=O) groups is 2. The molecule has 0 bridgehead atoms. The van der Waals surface area contributed by atoms with Gasteiger partial charge < -0.3 is 4.57 Å². The fourth-order valence-corrected chi connectivity index (χ4v) is 2.63. The average molecular weight is 307 g/mol. The van der Waals surface area contributed by atoms with Crippen molar-refractivity contribution in [3.05, 3.63) is 77.4 Å². The van der Waals surface area contributed by atoms with Crippen molar-refractivity contribution >= 4 is 12.2 Å². The number of nitrogens with zero attached hydrogens (tertiary/aromatic N) is 2. The molecule has 23 heavy (non-hydrogen) atoms. The van der Waals surface area contributed by atoms with Gasteiger partial charge in [-0.05, 0) is 44.2 Å². The Bertz CT molecular complexity index is 861. The van der Waals surface area contributed by atoms with Gasteiger partial charge in [0, 0.05) is 29.3 Å². The number of hydrogen-bond acceptors (Lipinski definition) is 2. The second-order valence-electron chi connectivity index (χ2n) is 5.33. The van der Waals surface area contributed by atoms with Crippen molar-refractivity contribution in [2.75, 3.05) is 5.43 Å². The molecule has 1 N–H and O–H groups in total. The highest BCUT2D eigenvalue weighted by atomic mass is 16.2. The highest BCUT2D eigenvalue weighted by molar-refractivity contribution is 6.03. The minimum absolute atomic E-state index is 0.228. The lowest BCUT2D eigenvalue weighted by Crippen LogP contribution is -2.25. The van der Waals surface area contributed by atoms with Crippen LogP contribution in [0.3, 0.4) is 0 Å². The third kappa shape index (κ3) is 2.68. The molecule has 0 aliphatic carbocycles. The van der Waals surface area contributed by atoms with Crippen molar-refractivity contribution < 1.29 is 9.59 Å². The third-order valence-electron chi connectivity index (χ3n) is 3.84. The van der Waals surface area contributed by atoms with Gasteiger partial charge in [-0.3, -0.25) is 19.7 Å². The number of aldehydes is 1. The van der Waals surface area contributed by atoms with Crippen molar-refractivity contribution in [3.8, 4) is 5.69 Å². The van der Waals surface area contributed by atoms with Crippen LogP contribution in [0.5, 0.6) is 0 Å². The Hall–Kier alpha value is -3.08. The normalized spacial score (nSPS) is 10.5. The van der Waals surface area contributed by atoms with Crippen molar-refractivity contribution in [3.63, 3.8) is 0 Å². The van der Waals surface area contributed by atoms with E-state index in [2.05, 4.69) is 5.43 Å². The highest BCUT2D eigenvalue weighted by Gasteiger charge is 2.15. The average Bonchev–Trinajstić information content (AvgIpc) is 3.18. The number of hydrogen-bond donors (Lipinski definition) is 1. The maximum atomic E-state index is 12.7. The summed E-state index contributed by atoms with van der Waals surface area (Å²) in [5.41, 5.74) is 6.30. The summed E-state index contributed by atoms with van der Waals surface area (Å²) in [6.45, 7) is 3.65. The summed E-state index contributed by atoms with van der Waals surface area (Å²) in [4.78, 5) is 23.7. The van der Waals surface area contributed by atoms with Crippen LogP contribution in [0.25, 0.3) is 5.69 Å². The first-order valence-electron chi connectivity index (χ1n) is 7.29. The Labute approximate surface area is 134 Å². The maximum Gasteiger partial charge on any atom is 0.272 e. The predicted octanol–water partition coefficient (Wildman–Crippen LogP) is 3.09. The minimum atomic E-state index is -0.228. The molecule has 0 saturated heterocycles. The lowest BCUT2D eigenvalue weighted by Gasteiger charge is -2.14. The van der Waals surface area contributed by atoms with Gasteiger partial charge in [-0.15, -0.1) is 0 Å². The molecule has 0 atom stereocenters. The molecule has 0 saturated carbocycles. The standard InChI is InChI=1S/C18H17N3O2/c1-13-11-15(12-22)14(2)21(13)19-18(23)16-7-3-4-8-17(16)20-9-5-6-10-20/h3-12H,1-2H3,(H,19,23). The fraction of sp³-hybridized carbons (Fsp3) is 0.111. The molecule has 3 aromatic rings. The first-order chi connectivity index (χ1) is 11.1. The van der Waals surface area contributed by atoms with E-state index in [0.29, 0.717) is 16.8 Å². The largest absolute Gasteiger partial charge is 0.323 e. The maximum absolute atomic E-state index is 12.7. The lowest BCUT2D eigenvalue weighted by atomic mass is 10.1. The number of benzene rings is 1. The fourth-order valence-electron chi connectivity index (χ4n) is 2.63. The second-order valence-corrected chi connectivity index (χ2v) is 5.33. The van der Waals surface area contributed by atoms with Gasteiger partial charge in [-0.25, -0.2) is 0 Å². The number of amides is 1. The summed E-state index contributed by atoms with van der Waals surface area (Å²) < 4.78 is 3.53. The van der Waals surface area contributed by atoms with Gasteiger partial charge >= 0.3 is 0 Å². The number of rotatable bonds is 4. The smallest absolute Gasteiger partial charge is 0.272 e. The summed E-state index contributed by atoms with van der Waals surface area (Å²) in [7, 11) is 0. The first-order valence-corrected chi connectivity index (χ1v) is 7.29. The third-order valence-corrected chi connectivity index (χ3v) is 3.84. The van der Waals surface area contributed by atoms with Crippen LogP contribution in [-0.2, 0) is 0 Å². The van der Waals surface area contributed by atoms with Crippen LogP contribution in [0.15, 0.2) is 54.9 Å². The Morgan fingerprint density at radius 3 is 2.43 bits per heavy atom. The van der Waals surface area contributed by atoms with Crippen molar-refractivity contribution in [1.82, 2.24) is 9.24 Å². The van der Waals surface area contributed by atoms with Crippen LogP contribution in [0.4, 0.5) is 0 Å². The summed E-state index contributed by atoms with van der Waals surface area (Å²) in [6.07, 6.45) is 4.57. The van der Waals surface area contributed by atoms with Crippen molar-refractivity contribution in [2.24, 2.45) is 0 Å². The summed E-state index contributed by atoms with van der Waals surface area (Å²) in [5, 5.41) is 0. The van der Waals surface area contributed by atoms with E-state index in [1.807, 2.05) is 54.2 Å². The number of nitrogens with one attached hydrogen (secondary N) is 1. The molecule has 0 radical (unpaired) electrons. The summed E-state index contributed by atoms with van der Waals surface area (Å²) in [6, 6.07) is 13.0. The molecule has 5 heteroatoms. The monoisotopic (exact) mass is 307 g/mol. The zero-order chi connectivity index (χ0) is 16.4. The van der Waals surface area contributed by atoms with E-state index in [9.17, 15) is 9.59 Å². The molecule has 0 aliphatic heterocycles. The highest BCUT2D eigenvalue weighted by Crippen LogP contribution is 2.16. The molecule has 5 nitrogen and oxygen atoms in total. The van der Waals surface area contributed by atoms with Crippen LogP contribution in [0, 0.1) is 13.8 Å². The predicted molar refractivity (Wildman–Crippen MR) is 88.8 cm³/mol. The van der Waals surface area contributed by atoms with E-state index in [1.165, 1.54) is 0 Å². The second kappa shape index (κ2) is 5.96. The van der Waals surface area contributed by atoms with Gasteiger partial charge in [0.1, 0.15) is 0 Å². The SMILES string of the molecule is Cc1cc(C=O)c(C)n1NC(=O)c1ccccc1-n1cccc1. The number of carbonyl (C=O) groups excluding carboxylic acids is 2. The molecule has 0 unspecified atom stereocenters. The molecular formula is C18H17N3O2. The van der Waals surface area contributed by atoms with Crippen molar-refractivity contribution in [1.29, 1.82) is 0 Å². The van der Waals surface area contributed by atoms with E-state index in [0.717, 1.165) is 17.7 Å². The van der Waals surface area contributed by atoms with Crippen LogP contribution >= 0.6 is 0 Å². The zero-order valence-corrected chi connectivity index (χ0v) is 13.0. The van der Waals surface area contributed by atoms with Crippen LogP contribution < -0.4 is 5.43 Å². The van der Waals surface area contributed by atoms with Crippen LogP contribution in [0.2, 0.25) is 0 Å². The van der Waals surface area contributed by atoms with Gasteiger partial charge in [-0.2, -0.15) is 0 Å². The molecule has 1 aromatic carbocycles. The van der Waals surface area contributed by atoms with Gasteiger partial charge in [0.25, 0.3) is 5.91 Å². The summed E-state index contributed by atoms with van der Waals surface area (Å²) >= 11 is 0. The Kier molecular flexibility index (Phi) is 3.85. The van der Waals surface area contributed by atoms with Gasteiger partial charge in [0.05, 0.1) is 11.3 Å². The molecule has 1 amide bonds. The van der Waals surface area contributed by atoms with Crippen LogP contribution in [-0.4, -0.2) is 21.4 Å². The molecule has 2 heterocycles. The van der Waals surface area contributed by atoms with Crippen molar-refractivity contribution in [2.45, 2.75) is 13.8 Å². The number of para-hydroxylation sites is 1. The lowest BCUT2D eigenvalue weighted by molar-refractivity contribution is 0.101. The molecule has 2 aromatic heterocycles. The van der Waals surface area contributed by atoms with Gasteiger partial charge in [-0.1, -0.05) is 12.1 Å². The Morgan fingerprint density at radius 1 is 1.09 bits per heavy atom. The Balaban J connectivity index is 1.97. The summed E-state index contributed by atoms with van der Waals surface area (Å²) in [5.74, 6) is -0.228. The molecule has 3 rings (SSSR count). The van der Waals surface area contributed by atoms with E-state index < -0.39 is 0 Å². The van der Waals surface area contributed by atoms with E-state index in [-0.39, 0.29) is 5.91 Å². The van der Waals surface area contributed by atoms with Gasteiger partial charge in [0.15, 0.2) is 6.29 Å². The van der Waals surface area contributed by atoms with E-state index in [4.69, 9.17) is 0 Å². The molecule has 116 valence electrons. The van der Waals surface area contributed by atoms with Gasteiger partial charge in [0.2, 0.25) is 0 Å². The zero-order valence-electron chi connectivity index (χ0n) is 13.0. The number of aromatic nitrogens is 2. The number of aryl methyl sites for hydroxylation is 1.